The Morgan fingerprint density at radius 2 is 2.23 bits per heavy atom. The van der Waals surface area contributed by atoms with Crippen molar-refractivity contribution in [1.82, 2.24) is 0 Å². The normalized spacial score (nSPS) is 10.5. The Kier molecular flexibility index (Phi) is 2.64. The number of benzene rings is 1. The number of carbonyl (C=O) groups is 1. The van der Waals surface area contributed by atoms with Gasteiger partial charge in [0.2, 0.25) is 0 Å². The molecule has 68 valence electrons. The molecule has 0 aliphatic carbocycles. The van der Waals surface area contributed by atoms with Crippen LogP contribution in [0.4, 0.5) is 0 Å². The van der Waals surface area contributed by atoms with Crippen LogP contribution in [-0.4, -0.2) is 22.5 Å². The lowest BCUT2D eigenvalue weighted by Gasteiger charge is -2.00. The highest BCUT2D eigenvalue weighted by atomic mass is 16.4. The molecule has 0 unspecified atom stereocenters. The van der Waals surface area contributed by atoms with Gasteiger partial charge in [0.1, 0.15) is 0 Å². The molecule has 0 amide bonds. The van der Waals surface area contributed by atoms with Crippen molar-refractivity contribution >= 4 is 12.2 Å². The maximum Gasteiger partial charge on any atom is 0.336 e. The molecule has 4 nitrogen and oxygen atoms in total. The fraction of sp³-hybridized carbons (Fsp3) is 0.111. The Hall–Kier alpha value is -1.84. The predicted octanol–water partition coefficient (Wildman–Crippen LogP) is 1.50. The standard InChI is InChI=1S/C9H9NO3/c1-6-2-3-8(9(11)12)7(4-6)5-10-13/h2-5,13H,1H3,(H,11,12)/b10-5+. The van der Waals surface area contributed by atoms with Crippen LogP contribution in [0.1, 0.15) is 21.5 Å². The number of rotatable bonds is 2. The van der Waals surface area contributed by atoms with Crippen molar-refractivity contribution < 1.29 is 15.1 Å². The molecule has 0 fully saturated rings. The van der Waals surface area contributed by atoms with Gasteiger partial charge < -0.3 is 10.3 Å². The molecule has 0 saturated heterocycles. The molecule has 0 spiro atoms. The first-order chi connectivity index (χ1) is 6.15. The van der Waals surface area contributed by atoms with E-state index in [0.29, 0.717) is 5.56 Å². The van der Waals surface area contributed by atoms with E-state index in [0.717, 1.165) is 11.8 Å². The van der Waals surface area contributed by atoms with Crippen LogP contribution in [0.3, 0.4) is 0 Å². The number of carboxylic acid groups (broad SMARTS) is 1. The number of carboxylic acids is 1. The smallest absolute Gasteiger partial charge is 0.336 e. The fourth-order valence-corrected chi connectivity index (χ4v) is 1.05. The van der Waals surface area contributed by atoms with Crippen LogP contribution in [0, 0.1) is 6.92 Å². The van der Waals surface area contributed by atoms with Gasteiger partial charge in [-0.1, -0.05) is 16.8 Å². The summed E-state index contributed by atoms with van der Waals surface area (Å²) >= 11 is 0. The summed E-state index contributed by atoms with van der Waals surface area (Å²) in [4.78, 5) is 10.7. The van der Waals surface area contributed by atoms with Crippen LogP contribution in [0.15, 0.2) is 23.4 Å². The first kappa shape index (κ1) is 9.25. The molecule has 0 saturated carbocycles. The highest BCUT2D eigenvalue weighted by Crippen LogP contribution is 2.09. The molecule has 0 heterocycles. The first-order valence-corrected chi connectivity index (χ1v) is 3.66. The number of oxime groups is 1. The second kappa shape index (κ2) is 3.71. The number of aromatic carboxylic acids is 1. The summed E-state index contributed by atoms with van der Waals surface area (Å²) in [6.07, 6.45) is 1.11. The molecule has 0 radical (unpaired) electrons. The van der Waals surface area contributed by atoms with E-state index in [2.05, 4.69) is 5.16 Å². The Bertz CT molecular complexity index is 358. The van der Waals surface area contributed by atoms with Crippen LogP contribution < -0.4 is 0 Å². The van der Waals surface area contributed by atoms with Gasteiger partial charge >= 0.3 is 5.97 Å². The van der Waals surface area contributed by atoms with E-state index in [-0.39, 0.29) is 5.56 Å². The molecule has 4 heteroatoms. The molecule has 0 aromatic heterocycles. The Morgan fingerprint density at radius 3 is 2.77 bits per heavy atom. The quantitative estimate of drug-likeness (QED) is 0.410. The summed E-state index contributed by atoms with van der Waals surface area (Å²) in [7, 11) is 0. The van der Waals surface area contributed by atoms with Crippen LogP contribution in [0.5, 0.6) is 0 Å². The largest absolute Gasteiger partial charge is 0.478 e. The zero-order valence-corrected chi connectivity index (χ0v) is 7.06. The van der Waals surface area contributed by atoms with E-state index in [9.17, 15) is 4.79 Å². The molecular formula is C9H9NO3. The number of nitrogens with zero attached hydrogens (tertiary/aromatic N) is 1. The molecule has 0 aliphatic heterocycles. The molecule has 1 aromatic carbocycles. The summed E-state index contributed by atoms with van der Waals surface area (Å²) in [5.41, 5.74) is 1.44. The SMILES string of the molecule is Cc1ccc(C(=O)O)c(/C=N/O)c1. The zero-order valence-electron chi connectivity index (χ0n) is 7.06. The number of aryl methyl sites for hydroxylation is 1. The minimum absolute atomic E-state index is 0.128. The average Bonchev–Trinajstić information content (AvgIpc) is 2.04. The maximum atomic E-state index is 10.7. The fourth-order valence-electron chi connectivity index (χ4n) is 1.05. The predicted molar refractivity (Wildman–Crippen MR) is 47.5 cm³/mol. The van der Waals surface area contributed by atoms with E-state index in [1.807, 2.05) is 6.92 Å². The third kappa shape index (κ3) is 2.05. The minimum Gasteiger partial charge on any atom is -0.478 e. The Morgan fingerprint density at radius 1 is 1.54 bits per heavy atom. The molecule has 1 rings (SSSR count). The minimum atomic E-state index is -1.03. The Balaban J connectivity index is 3.26. The van der Waals surface area contributed by atoms with Crippen molar-refractivity contribution in [2.75, 3.05) is 0 Å². The van der Waals surface area contributed by atoms with Crippen molar-refractivity contribution in [2.24, 2.45) is 5.16 Å². The van der Waals surface area contributed by atoms with Gasteiger partial charge in [-0.15, -0.1) is 0 Å². The third-order valence-electron chi connectivity index (χ3n) is 1.63. The van der Waals surface area contributed by atoms with Gasteiger partial charge in [-0.05, 0) is 19.1 Å². The van der Waals surface area contributed by atoms with Gasteiger partial charge in [0.05, 0.1) is 11.8 Å². The van der Waals surface area contributed by atoms with E-state index >= 15 is 0 Å². The molecule has 0 aliphatic rings. The lowest BCUT2D eigenvalue weighted by atomic mass is 10.1. The van der Waals surface area contributed by atoms with Crippen molar-refractivity contribution in [1.29, 1.82) is 0 Å². The summed E-state index contributed by atoms with van der Waals surface area (Å²) in [5, 5.41) is 19.8. The highest BCUT2D eigenvalue weighted by Gasteiger charge is 2.07. The van der Waals surface area contributed by atoms with Crippen molar-refractivity contribution in [2.45, 2.75) is 6.92 Å². The average molecular weight is 179 g/mol. The summed E-state index contributed by atoms with van der Waals surface area (Å²) in [6.45, 7) is 1.83. The molecule has 1 aromatic rings. The van der Waals surface area contributed by atoms with Crippen molar-refractivity contribution in [3.05, 3.63) is 34.9 Å². The second-order valence-electron chi connectivity index (χ2n) is 2.64. The van der Waals surface area contributed by atoms with Gasteiger partial charge in [0.15, 0.2) is 0 Å². The van der Waals surface area contributed by atoms with Gasteiger partial charge in [0, 0.05) is 5.56 Å². The first-order valence-electron chi connectivity index (χ1n) is 3.66. The Labute approximate surface area is 75.1 Å². The van der Waals surface area contributed by atoms with Gasteiger partial charge in [-0.3, -0.25) is 0 Å². The highest BCUT2D eigenvalue weighted by molar-refractivity contribution is 5.98. The zero-order chi connectivity index (χ0) is 9.84. The topological polar surface area (TPSA) is 69.9 Å². The van der Waals surface area contributed by atoms with Crippen LogP contribution >= 0.6 is 0 Å². The molecule has 0 bridgehead atoms. The van der Waals surface area contributed by atoms with E-state index in [4.69, 9.17) is 10.3 Å². The van der Waals surface area contributed by atoms with Crippen molar-refractivity contribution in [3.63, 3.8) is 0 Å². The summed E-state index contributed by atoms with van der Waals surface area (Å²) in [5.74, 6) is -1.03. The van der Waals surface area contributed by atoms with Crippen molar-refractivity contribution in [3.8, 4) is 0 Å². The number of hydrogen-bond acceptors (Lipinski definition) is 3. The summed E-state index contributed by atoms with van der Waals surface area (Å²) in [6, 6.07) is 4.82. The third-order valence-corrected chi connectivity index (χ3v) is 1.63. The molecule has 13 heavy (non-hydrogen) atoms. The van der Waals surface area contributed by atoms with Gasteiger partial charge in [-0.2, -0.15) is 0 Å². The maximum absolute atomic E-state index is 10.7. The van der Waals surface area contributed by atoms with E-state index in [1.54, 1.807) is 12.1 Å². The van der Waals surface area contributed by atoms with Gasteiger partial charge in [-0.25, -0.2) is 4.79 Å². The monoisotopic (exact) mass is 179 g/mol. The van der Waals surface area contributed by atoms with E-state index < -0.39 is 5.97 Å². The van der Waals surface area contributed by atoms with Crippen LogP contribution in [0.2, 0.25) is 0 Å². The molecule has 2 N–H and O–H groups in total. The lowest BCUT2D eigenvalue weighted by Crippen LogP contribution is -2.02. The molecular weight excluding hydrogens is 170 g/mol. The summed E-state index contributed by atoms with van der Waals surface area (Å²) < 4.78 is 0. The number of hydrogen-bond donors (Lipinski definition) is 2. The van der Waals surface area contributed by atoms with E-state index in [1.165, 1.54) is 6.07 Å². The lowest BCUT2D eigenvalue weighted by molar-refractivity contribution is 0.0697. The van der Waals surface area contributed by atoms with Gasteiger partial charge in [0.25, 0.3) is 0 Å². The van der Waals surface area contributed by atoms with Crippen LogP contribution in [-0.2, 0) is 0 Å². The van der Waals surface area contributed by atoms with Crippen LogP contribution in [0.25, 0.3) is 0 Å². The second-order valence-corrected chi connectivity index (χ2v) is 2.64. The molecule has 0 atom stereocenters.